The molecule has 21 heavy (non-hydrogen) atoms. The first-order chi connectivity index (χ1) is 10.0. The van der Waals surface area contributed by atoms with Gasteiger partial charge in [0.25, 0.3) is 10.0 Å². The Labute approximate surface area is 124 Å². The predicted octanol–water partition coefficient (Wildman–Crippen LogP) is 2.64. The Bertz CT molecular complexity index is 733. The molecule has 0 amide bonds. The van der Waals surface area contributed by atoms with Gasteiger partial charge in [-0.15, -0.1) is 0 Å². The van der Waals surface area contributed by atoms with E-state index in [4.69, 9.17) is 4.42 Å². The van der Waals surface area contributed by atoms with Crippen molar-refractivity contribution in [3.63, 3.8) is 0 Å². The van der Waals surface area contributed by atoms with Crippen molar-refractivity contribution in [2.75, 3.05) is 4.72 Å². The average molecular weight is 306 g/mol. The highest BCUT2D eigenvalue weighted by Crippen LogP contribution is 2.22. The summed E-state index contributed by atoms with van der Waals surface area (Å²) in [6.07, 6.45) is 2.36. The van der Waals surface area contributed by atoms with E-state index in [-0.39, 0.29) is 5.09 Å². The Morgan fingerprint density at radius 3 is 2.76 bits per heavy atom. The first kappa shape index (κ1) is 14.2. The maximum absolute atomic E-state index is 12.3. The van der Waals surface area contributed by atoms with Crippen LogP contribution in [0.4, 0.5) is 5.69 Å². The molecule has 0 radical (unpaired) electrons. The third-order valence-electron chi connectivity index (χ3n) is 3.31. The zero-order valence-corrected chi connectivity index (χ0v) is 12.6. The number of hydrogen-bond donors (Lipinski definition) is 2. The lowest BCUT2D eigenvalue weighted by Gasteiger charge is -2.06. The number of furan rings is 1. The van der Waals surface area contributed by atoms with Crippen molar-refractivity contribution < 1.29 is 12.8 Å². The van der Waals surface area contributed by atoms with Crippen LogP contribution >= 0.6 is 0 Å². The maximum Gasteiger partial charge on any atom is 0.295 e. The van der Waals surface area contributed by atoms with E-state index in [1.54, 1.807) is 24.3 Å². The molecule has 6 heteroatoms. The van der Waals surface area contributed by atoms with Crippen molar-refractivity contribution in [3.05, 3.63) is 47.7 Å². The first-order valence-electron chi connectivity index (χ1n) is 6.94. The smallest absolute Gasteiger partial charge is 0.295 e. The highest BCUT2D eigenvalue weighted by molar-refractivity contribution is 7.92. The van der Waals surface area contributed by atoms with Crippen LogP contribution in [0.2, 0.25) is 0 Å². The van der Waals surface area contributed by atoms with Crippen molar-refractivity contribution in [3.8, 4) is 0 Å². The Hall–Kier alpha value is -1.79. The molecule has 1 saturated carbocycles. The molecule has 1 aliphatic rings. The summed E-state index contributed by atoms with van der Waals surface area (Å²) in [4.78, 5) is 0. The van der Waals surface area contributed by atoms with Crippen LogP contribution in [0.25, 0.3) is 0 Å². The van der Waals surface area contributed by atoms with Crippen molar-refractivity contribution in [1.29, 1.82) is 0 Å². The van der Waals surface area contributed by atoms with Crippen molar-refractivity contribution in [2.24, 2.45) is 0 Å². The second kappa shape index (κ2) is 5.54. The minimum absolute atomic E-state index is 0.0587. The summed E-state index contributed by atoms with van der Waals surface area (Å²) in [7, 11) is -3.68. The van der Waals surface area contributed by atoms with Crippen LogP contribution in [0.1, 0.15) is 24.2 Å². The molecule has 112 valence electrons. The number of sulfonamides is 1. The zero-order valence-electron chi connectivity index (χ0n) is 11.8. The number of hydrogen-bond acceptors (Lipinski definition) is 4. The number of rotatable bonds is 6. The van der Waals surface area contributed by atoms with Gasteiger partial charge in [0.2, 0.25) is 5.09 Å². The summed E-state index contributed by atoms with van der Waals surface area (Å²) in [5, 5.41) is 3.23. The normalized spacial score (nSPS) is 15.1. The molecular weight excluding hydrogens is 288 g/mol. The van der Waals surface area contributed by atoms with Gasteiger partial charge in [-0.1, -0.05) is 12.1 Å². The minimum atomic E-state index is -3.68. The fourth-order valence-electron chi connectivity index (χ4n) is 2.04. The highest BCUT2D eigenvalue weighted by atomic mass is 32.2. The van der Waals surface area contributed by atoms with Crippen LogP contribution in [-0.2, 0) is 16.6 Å². The van der Waals surface area contributed by atoms with E-state index in [1.165, 1.54) is 18.9 Å². The lowest BCUT2D eigenvalue weighted by atomic mass is 10.2. The molecule has 3 rings (SSSR count). The third kappa shape index (κ3) is 3.65. The van der Waals surface area contributed by atoms with Gasteiger partial charge in [0.1, 0.15) is 5.76 Å². The minimum Gasteiger partial charge on any atom is -0.446 e. The Balaban J connectivity index is 1.71. The van der Waals surface area contributed by atoms with Crippen molar-refractivity contribution >= 4 is 15.7 Å². The monoisotopic (exact) mass is 306 g/mol. The van der Waals surface area contributed by atoms with Gasteiger partial charge in [0.05, 0.1) is 6.54 Å². The molecule has 1 fully saturated rings. The van der Waals surface area contributed by atoms with E-state index in [0.717, 1.165) is 5.56 Å². The lowest BCUT2D eigenvalue weighted by molar-refractivity contribution is 0.403. The molecule has 1 aromatic heterocycles. The van der Waals surface area contributed by atoms with E-state index >= 15 is 0 Å². The maximum atomic E-state index is 12.3. The number of nitrogens with one attached hydrogen (secondary N) is 2. The SMILES string of the molecule is Cc1cccc(NS(=O)(=O)c2ccc(CNC3CC3)o2)c1. The summed E-state index contributed by atoms with van der Waals surface area (Å²) in [6.45, 7) is 2.47. The second-order valence-electron chi connectivity index (χ2n) is 5.35. The van der Waals surface area contributed by atoms with Gasteiger partial charge < -0.3 is 9.73 Å². The van der Waals surface area contributed by atoms with E-state index < -0.39 is 10.0 Å². The van der Waals surface area contributed by atoms with E-state index in [2.05, 4.69) is 10.0 Å². The van der Waals surface area contributed by atoms with Crippen LogP contribution in [0.5, 0.6) is 0 Å². The fraction of sp³-hybridized carbons (Fsp3) is 0.333. The average Bonchev–Trinajstić information content (AvgIpc) is 3.12. The molecule has 1 aromatic carbocycles. The third-order valence-corrected chi connectivity index (χ3v) is 4.57. The van der Waals surface area contributed by atoms with Gasteiger partial charge in [-0.05, 0) is 49.6 Å². The molecule has 2 N–H and O–H groups in total. The molecule has 0 bridgehead atoms. The molecule has 5 nitrogen and oxygen atoms in total. The molecule has 0 aliphatic heterocycles. The van der Waals surface area contributed by atoms with Gasteiger partial charge in [0.15, 0.2) is 0 Å². The van der Waals surface area contributed by atoms with Crippen LogP contribution < -0.4 is 10.0 Å². The summed E-state index contributed by atoms with van der Waals surface area (Å²) < 4.78 is 32.4. The molecular formula is C15H18N2O3S. The molecule has 1 aliphatic carbocycles. The molecule has 2 aromatic rings. The van der Waals surface area contributed by atoms with Crippen LogP contribution in [0, 0.1) is 6.92 Å². The molecule has 0 atom stereocenters. The summed E-state index contributed by atoms with van der Waals surface area (Å²) in [5.74, 6) is 0.631. The fourth-order valence-corrected chi connectivity index (χ4v) is 3.05. The Morgan fingerprint density at radius 1 is 1.24 bits per heavy atom. The van der Waals surface area contributed by atoms with E-state index in [9.17, 15) is 8.42 Å². The molecule has 0 unspecified atom stereocenters. The van der Waals surface area contributed by atoms with Crippen LogP contribution in [0.3, 0.4) is 0 Å². The van der Waals surface area contributed by atoms with Gasteiger partial charge in [0, 0.05) is 11.7 Å². The van der Waals surface area contributed by atoms with Crippen LogP contribution in [0.15, 0.2) is 45.9 Å². The summed E-state index contributed by atoms with van der Waals surface area (Å²) in [6, 6.07) is 10.9. The topological polar surface area (TPSA) is 71.3 Å². The molecule has 0 saturated heterocycles. The van der Waals surface area contributed by atoms with Crippen LogP contribution in [-0.4, -0.2) is 14.5 Å². The van der Waals surface area contributed by atoms with Gasteiger partial charge in [-0.2, -0.15) is 8.42 Å². The van der Waals surface area contributed by atoms with E-state index in [1.807, 2.05) is 13.0 Å². The Morgan fingerprint density at radius 2 is 2.05 bits per heavy atom. The van der Waals surface area contributed by atoms with Crippen molar-refractivity contribution in [2.45, 2.75) is 37.4 Å². The number of aryl methyl sites for hydroxylation is 1. The van der Waals surface area contributed by atoms with Gasteiger partial charge in [-0.25, -0.2) is 0 Å². The number of benzene rings is 1. The molecule has 1 heterocycles. The largest absolute Gasteiger partial charge is 0.446 e. The first-order valence-corrected chi connectivity index (χ1v) is 8.43. The standard InChI is InChI=1S/C15H18N2O3S/c1-11-3-2-4-13(9-11)17-21(18,19)15-8-7-14(20-15)10-16-12-5-6-12/h2-4,7-9,12,16-17H,5-6,10H2,1H3. The lowest BCUT2D eigenvalue weighted by Crippen LogP contribution is -2.15. The predicted molar refractivity (Wildman–Crippen MR) is 80.6 cm³/mol. The summed E-state index contributed by atoms with van der Waals surface area (Å²) >= 11 is 0. The zero-order chi connectivity index (χ0) is 14.9. The molecule has 0 spiro atoms. The van der Waals surface area contributed by atoms with E-state index in [0.29, 0.717) is 24.0 Å². The van der Waals surface area contributed by atoms with Gasteiger partial charge >= 0.3 is 0 Å². The highest BCUT2D eigenvalue weighted by Gasteiger charge is 2.22. The van der Waals surface area contributed by atoms with Gasteiger partial charge in [-0.3, -0.25) is 4.72 Å². The number of anilines is 1. The van der Waals surface area contributed by atoms with Crippen molar-refractivity contribution in [1.82, 2.24) is 5.32 Å². The quantitative estimate of drug-likeness (QED) is 0.860. The summed E-state index contributed by atoms with van der Waals surface area (Å²) in [5.41, 5.74) is 1.52. The Kier molecular flexibility index (Phi) is 3.73. The second-order valence-corrected chi connectivity index (χ2v) is 6.96.